The van der Waals surface area contributed by atoms with Gasteiger partial charge < -0.3 is 5.11 Å². The molecule has 5 nitrogen and oxygen atoms in total. The highest BCUT2D eigenvalue weighted by molar-refractivity contribution is 7.89. The van der Waals surface area contributed by atoms with E-state index < -0.39 is 33.3 Å². The van der Waals surface area contributed by atoms with Crippen molar-refractivity contribution in [1.29, 1.82) is 0 Å². The smallest absolute Gasteiger partial charge is 0.322 e. The Morgan fingerprint density at radius 2 is 1.95 bits per heavy atom. The summed E-state index contributed by atoms with van der Waals surface area (Å²) in [7, 11) is -4.08. The summed E-state index contributed by atoms with van der Waals surface area (Å²) in [6.45, 7) is 4.79. The summed E-state index contributed by atoms with van der Waals surface area (Å²) in [6, 6.07) is 3.09. The van der Waals surface area contributed by atoms with Crippen LogP contribution in [-0.4, -0.2) is 25.5 Å². The van der Waals surface area contributed by atoms with Gasteiger partial charge >= 0.3 is 5.97 Å². The molecule has 0 unspecified atom stereocenters. The summed E-state index contributed by atoms with van der Waals surface area (Å²) >= 11 is 0. The molecule has 7 heteroatoms. The van der Waals surface area contributed by atoms with E-state index in [9.17, 15) is 17.6 Å². The minimum atomic E-state index is -4.08. The van der Waals surface area contributed by atoms with E-state index in [1.54, 1.807) is 20.8 Å². The molecule has 0 aliphatic rings. The SMILES string of the molecule is CC(C)(C)[C@@H](NS(=O)(=O)c1cccc(F)c1)C(=O)O. The van der Waals surface area contributed by atoms with Crippen LogP contribution in [0.25, 0.3) is 0 Å². The fourth-order valence-corrected chi connectivity index (χ4v) is 2.88. The number of hydrogen-bond acceptors (Lipinski definition) is 3. The van der Waals surface area contributed by atoms with Crippen molar-refractivity contribution in [2.75, 3.05) is 0 Å². The average molecular weight is 289 g/mol. The fraction of sp³-hybridized carbons (Fsp3) is 0.417. The maximum absolute atomic E-state index is 13.0. The lowest BCUT2D eigenvalue weighted by molar-refractivity contribution is -0.141. The van der Waals surface area contributed by atoms with Crippen LogP contribution < -0.4 is 4.72 Å². The van der Waals surface area contributed by atoms with Crippen molar-refractivity contribution in [3.63, 3.8) is 0 Å². The highest BCUT2D eigenvalue weighted by Crippen LogP contribution is 2.22. The summed E-state index contributed by atoms with van der Waals surface area (Å²) < 4.78 is 39.1. The second-order valence-electron chi connectivity index (χ2n) is 5.22. The van der Waals surface area contributed by atoms with Crippen LogP contribution in [0.5, 0.6) is 0 Å². The Labute approximate surface area is 111 Å². The number of nitrogens with one attached hydrogen (secondary N) is 1. The van der Waals surface area contributed by atoms with Gasteiger partial charge in [-0.15, -0.1) is 0 Å². The van der Waals surface area contributed by atoms with Gasteiger partial charge in [-0.25, -0.2) is 12.8 Å². The molecule has 0 spiro atoms. The summed E-state index contributed by atoms with van der Waals surface area (Å²) in [5, 5.41) is 9.07. The monoisotopic (exact) mass is 289 g/mol. The third-order valence-corrected chi connectivity index (χ3v) is 3.91. The van der Waals surface area contributed by atoms with Gasteiger partial charge in [-0.3, -0.25) is 4.79 Å². The van der Waals surface area contributed by atoms with E-state index in [0.29, 0.717) is 0 Å². The number of sulfonamides is 1. The van der Waals surface area contributed by atoms with E-state index in [2.05, 4.69) is 4.72 Å². The summed E-state index contributed by atoms with van der Waals surface area (Å²) in [6.07, 6.45) is 0. The molecule has 0 saturated heterocycles. The van der Waals surface area contributed by atoms with E-state index in [0.717, 1.165) is 12.1 Å². The van der Waals surface area contributed by atoms with Gasteiger partial charge in [-0.1, -0.05) is 26.8 Å². The molecule has 0 heterocycles. The first kappa shape index (κ1) is 15.6. The van der Waals surface area contributed by atoms with Crippen molar-refractivity contribution in [3.05, 3.63) is 30.1 Å². The second-order valence-corrected chi connectivity index (χ2v) is 6.93. The van der Waals surface area contributed by atoms with Crippen LogP contribution in [0, 0.1) is 11.2 Å². The minimum absolute atomic E-state index is 0.303. The van der Waals surface area contributed by atoms with Crippen molar-refractivity contribution < 1.29 is 22.7 Å². The number of carboxylic acid groups (broad SMARTS) is 1. The van der Waals surface area contributed by atoms with Gasteiger partial charge in [-0.05, 0) is 23.6 Å². The first-order valence-electron chi connectivity index (χ1n) is 5.55. The standard InChI is InChI=1S/C12H16FNO4S/c1-12(2,3)10(11(15)16)14-19(17,18)9-6-4-5-8(13)7-9/h4-7,10,14H,1-3H3,(H,15,16)/t10-/m0/s1. The van der Waals surface area contributed by atoms with Crippen LogP contribution >= 0.6 is 0 Å². The molecule has 1 aromatic rings. The highest BCUT2D eigenvalue weighted by atomic mass is 32.2. The molecular weight excluding hydrogens is 273 g/mol. The topological polar surface area (TPSA) is 83.5 Å². The maximum Gasteiger partial charge on any atom is 0.322 e. The Morgan fingerprint density at radius 1 is 1.37 bits per heavy atom. The molecule has 0 saturated carbocycles. The van der Waals surface area contributed by atoms with Crippen LogP contribution in [-0.2, 0) is 14.8 Å². The van der Waals surface area contributed by atoms with E-state index in [4.69, 9.17) is 5.11 Å². The number of halogens is 1. The molecule has 1 aromatic carbocycles. The fourth-order valence-electron chi connectivity index (χ4n) is 1.45. The van der Waals surface area contributed by atoms with Crippen molar-refractivity contribution in [1.82, 2.24) is 4.72 Å². The van der Waals surface area contributed by atoms with Gasteiger partial charge in [0, 0.05) is 0 Å². The van der Waals surface area contributed by atoms with Gasteiger partial charge in [0.1, 0.15) is 11.9 Å². The first-order valence-corrected chi connectivity index (χ1v) is 7.03. The number of carbonyl (C=O) groups is 1. The molecule has 2 N–H and O–H groups in total. The van der Waals surface area contributed by atoms with Crippen LogP contribution in [0.3, 0.4) is 0 Å². The minimum Gasteiger partial charge on any atom is -0.480 e. The third-order valence-electron chi connectivity index (χ3n) is 2.49. The van der Waals surface area contributed by atoms with E-state index in [-0.39, 0.29) is 4.90 Å². The molecule has 1 atom stereocenters. The van der Waals surface area contributed by atoms with Crippen LogP contribution in [0.1, 0.15) is 20.8 Å². The quantitative estimate of drug-likeness (QED) is 0.882. The maximum atomic E-state index is 13.0. The molecule has 0 aromatic heterocycles. The highest BCUT2D eigenvalue weighted by Gasteiger charge is 2.35. The molecule has 19 heavy (non-hydrogen) atoms. The van der Waals surface area contributed by atoms with Gasteiger partial charge in [0.05, 0.1) is 4.90 Å². The lowest BCUT2D eigenvalue weighted by Gasteiger charge is -2.27. The molecule has 0 aliphatic carbocycles. The van der Waals surface area contributed by atoms with E-state index in [1.165, 1.54) is 12.1 Å². The molecule has 0 fully saturated rings. The normalized spacial score (nSPS) is 14.1. The van der Waals surface area contributed by atoms with Crippen LogP contribution in [0.4, 0.5) is 4.39 Å². The molecule has 0 radical (unpaired) electrons. The Balaban J connectivity index is 3.12. The van der Waals surface area contributed by atoms with Crippen molar-refractivity contribution in [2.45, 2.75) is 31.7 Å². The van der Waals surface area contributed by atoms with Crippen molar-refractivity contribution >= 4 is 16.0 Å². The Hall–Kier alpha value is -1.47. The lowest BCUT2D eigenvalue weighted by atomic mass is 9.88. The molecular formula is C12H16FNO4S. The van der Waals surface area contributed by atoms with Gasteiger partial charge in [-0.2, -0.15) is 4.72 Å². The molecule has 106 valence electrons. The lowest BCUT2D eigenvalue weighted by Crippen LogP contribution is -2.48. The third kappa shape index (κ3) is 4.00. The predicted molar refractivity (Wildman–Crippen MR) is 67.6 cm³/mol. The number of aliphatic carboxylic acids is 1. The van der Waals surface area contributed by atoms with E-state index in [1.807, 2.05) is 0 Å². The van der Waals surface area contributed by atoms with E-state index >= 15 is 0 Å². The first-order chi connectivity index (χ1) is 8.54. The Morgan fingerprint density at radius 3 is 2.37 bits per heavy atom. The summed E-state index contributed by atoms with van der Waals surface area (Å²) in [5.74, 6) is -1.99. The van der Waals surface area contributed by atoms with Crippen LogP contribution in [0.2, 0.25) is 0 Å². The summed E-state index contributed by atoms with van der Waals surface area (Å²) in [4.78, 5) is 10.8. The molecule has 1 rings (SSSR count). The van der Waals surface area contributed by atoms with Gasteiger partial charge in [0.2, 0.25) is 10.0 Å². The molecule has 0 aliphatic heterocycles. The molecule has 0 amide bonds. The summed E-state index contributed by atoms with van der Waals surface area (Å²) in [5.41, 5.74) is -0.813. The number of rotatable bonds is 4. The zero-order chi connectivity index (χ0) is 14.8. The second kappa shape index (κ2) is 5.26. The average Bonchev–Trinajstić information content (AvgIpc) is 2.24. The van der Waals surface area contributed by atoms with Gasteiger partial charge in [0.25, 0.3) is 0 Å². The Bertz CT molecular complexity index is 578. The zero-order valence-corrected chi connectivity index (χ0v) is 11.7. The van der Waals surface area contributed by atoms with Crippen molar-refractivity contribution in [3.8, 4) is 0 Å². The predicted octanol–water partition coefficient (Wildman–Crippen LogP) is 1.60. The van der Waals surface area contributed by atoms with Crippen LogP contribution in [0.15, 0.2) is 29.2 Å². The number of carboxylic acids is 1. The molecule has 0 bridgehead atoms. The number of benzene rings is 1. The zero-order valence-electron chi connectivity index (χ0n) is 10.8. The largest absolute Gasteiger partial charge is 0.480 e. The Kier molecular flexibility index (Phi) is 4.32. The van der Waals surface area contributed by atoms with Gasteiger partial charge in [0.15, 0.2) is 0 Å². The number of hydrogen-bond donors (Lipinski definition) is 2. The van der Waals surface area contributed by atoms with Crippen molar-refractivity contribution in [2.24, 2.45) is 5.41 Å².